The summed E-state index contributed by atoms with van der Waals surface area (Å²) in [5.41, 5.74) is -1.26. The van der Waals surface area contributed by atoms with E-state index >= 15 is 0 Å². The summed E-state index contributed by atoms with van der Waals surface area (Å²) in [7, 11) is -4.11. The van der Waals surface area contributed by atoms with E-state index in [1.54, 1.807) is 10.8 Å². The predicted molar refractivity (Wildman–Crippen MR) is 91.5 cm³/mol. The summed E-state index contributed by atoms with van der Waals surface area (Å²) in [6, 6.07) is 8.73. The summed E-state index contributed by atoms with van der Waals surface area (Å²) in [6.45, 7) is -0.499. The van der Waals surface area contributed by atoms with E-state index in [1.165, 1.54) is 30.3 Å². The van der Waals surface area contributed by atoms with Crippen molar-refractivity contribution in [2.75, 3.05) is 10.8 Å². The maximum Gasteiger partial charge on any atom is 0.417 e. The van der Waals surface area contributed by atoms with E-state index in [9.17, 15) is 31.5 Å². The minimum atomic E-state index is -4.68. The van der Waals surface area contributed by atoms with Crippen LogP contribution in [0, 0.1) is 11.3 Å². The number of hydrogen-bond acceptors (Lipinski definition) is 5. The van der Waals surface area contributed by atoms with Gasteiger partial charge in [-0.15, -0.1) is 0 Å². The number of rotatable bonds is 3. The lowest BCUT2D eigenvalue weighted by Crippen LogP contribution is -2.29. The van der Waals surface area contributed by atoms with Crippen LogP contribution >= 0.6 is 0 Å². The highest BCUT2D eigenvalue weighted by molar-refractivity contribution is 7.92. The lowest BCUT2D eigenvalue weighted by atomic mass is 9.96. The largest absolute Gasteiger partial charge is 0.506 e. The maximum absolute atomic E-state index is 13.1. The molecule has 0 bridgehead atoms. The molecule has 0 spiro atoms. The Kier molecular flexibility index (Phi) is 4.68. The van der Waals surface area contributed by atoms with Crippen LogP contribution in [0.15, 0.2) is 36.4 Å². The molecule has 7 nitrogen and oxygen atoms in total. The molecule has 0 aliphatic carbocycles. The van der Waals surface area contributed by atoms with Gasteiger partial charge in [-0.25, -0.2) is 9.03 Å². The molecule has 11 heteroatoms. The molecule has 0 radical (unpaired) electrons. The van der Waals surface area contributed by atoms with E-state index in [2.05, 4.69) is 0 Å². The Hall–Kier alpha value is -3.26. The van der Waals surface area contributed by atoms with Crippen molar-refractivity contribution in [3.63, 3.8) is 0 Å². The number of carbonyl (C=O) groups excluding carboxylic acids is 1. The topological polar surface area (TPSA) is 111 Å². The molecule has 0 aromatic heterocycles. The Balaban J connectivity index is 1.95. The third kappa shape index (κ3) is 3.59. The van der Waals surface area contributed by atoms with Crippen LogP contribution in [0.1, 0.15) is 22.3 Å². The van der Waals surface area contributed by atoms with E-state index in [0.29, 0.717) is 9.87 Å². The lowest BCUT2D eigenvalue weighted by molar-refractivity contribution is -0.137. The van der Waals surface area contributed by atoms with Crippen molar-refractivity contribution in [2.45, 2.75) is 12.6 Å². The summed E-state index contributed by atoms with van der Waals surface area (Å²) in [5, 5.41) is 19.3. The van der Waals surface area contributed by atoms with Gasteiger partial charge >= 0.3 is 16.4 Å². The van der Waals surface area contributed by atoms with Crippen molar-refractivity contribution in [1.29, 1.82) is 5.26 Å². The highest BCUT2D eigenvalue weighted by Crippen LogP contribution is 2.35. The van der Waals surface area contributed by atoms with Gasteiger partial charge in [0.15, 0.2) is 0 Å². The molecule has 1 fully saturated rings. The van der Waals surface area contributed by atoms with Gasteiger partial charge in [-0.2, -0.15) is 26.9 Å². The smallest absolute Gasteiger partial charge is 0.417 e. The zero-order valence-electron chi connectivity index (χ0n) is 14.0. The molecule has 2 N–H and O–H groups in total. The van der Waals surface area contributed by atoms with Gasteiger partial charge in [0.1, 0.15) is 18.4 Å². The molecule has 2 aromatic rings. The molecule has 28 heavy (non-hydrogen) atoms. The van der Waals surface area contributed by atoms with Crippen LogP contribution in [0.3, 0.4) is 0 Å². The quantitative estimate of drug-likeness (QED) is 0.803. The van der Waals surface area contributed by atoms with E-state index in [4.69, 9.17) is 5.26 Å². The average Bonchev–Trinajstić information content (AvgIpc) is 2.86. The number of hydrogen-bond donors (Lipinski definition) is 2. The Morgan fingerprint density at radius 2 is 1.96 bits per heavy atom. The average molecular weight is 411 g/mol. The van der Waals surface area contributed by atoms with Crippen LogP contribution < -0.4 is 9.03 Å². The summed E-state index contributed by atoms with van der Waals surface area (Å²) >= 11 is 0. The third-order valence-corrected chi connectivity index (χ3v) is 5.48. The van der Waals surface area contributed by atoms with Gasteiger partial charge < -0.3 is 5.11 Å². The second kappa shape index (κ2) is 6.72. The number of amides is 1. The van der Waals surface area contributed by atoms with Crippen molar-refractivity contribution >= 4 is 21.8 Å². The van der Waals surface area contributed by atoms with Crippen LogP contribution in [0.5, 0.6) is 5.75 Å². The van der Waals surface area contributed by atoms with Crippen LogP contribution in [-0.4, -0.2) is 26.0 Å². The van der Waals surface area contributed by atoms with Crippen LogP contribution in [0.25, 0.3) is 0 Å². The number of nitriles is 1. The predicted octanol–water partition coefficient (Wildman–Crippen LogP) is 2.05. The molecule has 1 amide bonds. The molecule has 146 valence electrons. The number of nitrogens with zero attached hydrogens (tertiary/aromatic N) is 2. The zero-order valence-corrected chi connectivity index (χ0v) is 14.8. The number of carbonyl (C=O) groups is 1. The third-order valence-electron chi connectivity index (χ3n) is 4.09. The van der Waals surface area contributed by atoms with Crippen molar-refractivity contribution in [1.82, 2.24) is 4.72 Å². The number of nitrogens with one attached hydrogen (secondary N) is 1. The highest BCUT2D eigenvalue weighted by atomic mass is 32.2. The molecule has 2 aromatic carbocycles. The second-order valence-corrected chi connectivity index (χ2v) is 7.58. The van der Waals surface area contributed by atoms with Gasteiger partial charge in [0.05, 0.1) is 16.8 Å². The number of phenolic OH excluding ortho intramolecular Hbond substituents is 1. The first-order chi connectivity index (χ1) is 13.0. The highest BCUT2D eigenvalue weighted by Gasteiger charge is 2.36. The molecule has 1 heterocycles. The van der Waals surface area contributed by atoms with E-state index in [1.807, 2.05) is 0 Å². The molecular formula is C17H12F3N3O4S. The Morgan fingerprint density at radius 1 is 1.25 bits per heavy atom. The monoisotopic (exact) mass is 411 g/mol. The molecule has 1 aliphatic rings. The van der Waals surface area contributed by atoms with Gasteiger partial charge in [-0.3, -0.25) is 4.79 Å². The number of aromatic hydroxyl groups is 1. The van der Waals surface area contributed by atoms with Crippen molar-refractivity contribution in [3.8, 4) is 11.8 Å². The normalized spacial score (nSPS) is 15.9. The SMILES string of the molecule is N#Cc1c(Cc2ccc(N3CC(=O)NS3(=O)=O)c(O)c2)cccc1C(F)(F)F. The summed E-state index contributed by atoms with van der Waals surface area (Å²) in [6.07, 6.45) is -4.78. The molecule has 0 saturated carbocycles. The number of benzene rings is 2. The van der Waals surface area contributed by atoms with Crippen LogP contribution in [0.4, 0.5) is 18.9 Å². The fourth-order valence-electron chi connectivity index (χ4n) is 2.89. The molecular weight excluding hydrogens is 399 g/mol. The fraction of sp³-hybridized carbons (Fsp3) is 0.176. The molecule has 3 rings (SSSR count). The van der Waals surface area contributed by atoms with E-state index in [0.717, 1.165) is 6.07 Å². The standard InChI is InChI=1S/C17H12F3N3O4S/c18-17(19,20)13-3-1-2-11(12(13)8-21)6-10-4-5-14(15(24)7-10)23-9-16(25)22-28(23,26)27/h1-5,7,24H,6,9H2,(H,22,25). The van der Waals surface area contributed by atoms with E-state index < -0.39 is 45.7 Å². The first kappa shape index (κ1) is 19.5. The lowest BCUT2D eigenvalue weighted by Gasteiger charge is -2.17. The van der Waals surface area contributed by atoms with Gasteiger partial charge in [-0.05, 0) is 35.7 Å². The van der Waals surface area contributed by atoms with Crippen LogP contribution in [-0.2, 0) is 27.6 Å². The summed E-state index contributed by atoms with van der Waals surface area (Å²) in [4.78, 5) is 11.3. The summed E-state index contributed by atoms with van der Waals surface area (Å²) < 4.78 is 65.3. The summed E-state index contributed by atoms with van der Waals surface area (Å²) in [5.74, 6) is -1.23. The Labute approximate surface area is 157 Å². The Morgan fingerprint density at radius 3 is 2.50 bits per heavy atom. The minimum Gasteiger partial charge on any atom is -0.506 e. The Bertz CT molecular complexity index is 1110. The number of alkyl halides is 3. The van der Waals surface area contributed by atoms with Gasteiger partial charge in [0, 0.05) is 0 Å². The fourth-order valence-corrected chi connectivity index (χ4v) is 4.05. The number of phenols is 1. The van der Waals surface area contributed by atoms with Gasteiger partial charge in [0.2, 0.25) is 0 Å². The van der Waals surface area contributed by atoms with Crippen molar-refractivity contribution in [3.05, 3.63) is 58.7 Å². The van der Waals surface area contributed by atoms with Gasteiger partial charge in [0.25, 0.3) is 5.91 Å². The minimum absolute atomic E-state index is 0.0927. The second-order valence-electron chi connectivity index (χ2n) is 5.99. The van der Waals surface area contributed by atoms with E-state index in [-0.39, 0.29) is 17.7 Å². The molecule has 1 aliphatic heterocycles. The number of anilines is 1. The zero-order chi connectivity index (χ0) is 20.7. The first-order valence-electron chi connectivity index (χ1n) is 7.77. The van der Waals surface area contributed by atoms with Crippen molar-refractivity contribution < 1.29 is 31.5 Å². The maximum atomic E-state index is 13.1. The van der Waals surface area contributed by atoms with Gasteiger partial charge in [-0.1, -0.05) is 18.2 Å². The molecule has 0 unspecified atom stereocenters. The molecule has 1 saturated heterocycles. The first-order valence-corrected chi connectivity index (χ1v) is 9.21. The molecule has 0 atom stereocenters. The van der Waals surface area contributed by atoms with Crippen LogP contribution in [0.2, 0.25) is 0 Å². The van der Waals surface area contributed by atoms with Crippen molar-refractivity contribution in [2.24, 2.45) is 0 Å². The number of halogens is 3.